The van der Waals surface area contributed by atoms with Gasteiger partial charge in [-0.2, -0.15) is 0 Å². The second-order valence-corrected chi connectivity index (χ2v) is 12.1. The molecule has 1 N–H and O–H groups in total. The Hall–Kier alpha value is -1.32. The molecule has 0 aliphatic carbocycles. The molecule has 0 spiro atoms. The highest BCUT2D eigenvalue weighted by molar-refractivity contribution is 5.82. The topological polar surface area (TPSA) is 63.6 Å². The van der Waals surface area contributed by atoms with Crippen LogP contribution < -0.4 is 0 Å². The van der Waals surface area contributed by atoms with E-state index in [2.05, 4.69) is 13.8 Å². The lowest BCUT2D eigenvalue weighted by Gasteiger charge is -2.17. The fraction of sp³-hybridized carbons (Fsp3) is 0.889. The number of carbonyl (C=O) groups is 2. The fourth-order valence-electron chi connectivity index (χ4n) is 5.43. The van der Waals surface area contributed by atoms with Gasteiger partial charge in [-0.15, -0.1) is 0 Å². The van der Waals surface area contributed by atoms with E-state index >= 15 is 0 Å². The molecular weight excluding hydrogens is 496 g/mol. The van der Waals surface area contributed by atoms with E-state index in [0.29, 0.717) is 6.42 Å². The lowest BCUT2D eigenvalue weighted by molar-refractivity contribution is -0.143. The van der Waals surface area contributed by atoms with Gasteiger partial charge in [0, 0.05) is 12.5 Å². The number of hydrogen-bond donors (Lipinski definition) is 1. The number of ether oxygens (including phenoxy) is 1. The molecule has 4 nitrogen and oxygen atoms in total. The van der Waals surface area contributed by atoms with Crippen molar-refractivity contribution in [3.05, 3.63) is 12.2 Å². The summed E-state index contributed by atoms with van der Waals surface area (Å²) in [7, 11) is 0. The zero-order valence-corrected chi connectivity index (χ0v) is 26.9. The maximum atomic E-state index is 12.4. The monoisotopic (exact) mass is 565 g/mol. The largest absolute Gasteiger partial charge is 0.481 e. The molecule has 0 amide bonds. The van der Waals surface area contributed by atoms with Crippen LogP contribution in [-0.2, 0) is 14.3 Å². The molecule has 0 fully saturated rings. The molecule has 0 saturated carbocycles. The van der Waals surface area contributed by atoms with Gasteiger partial charge in [0.25, 0.3) is 0 Å². The highest BCUT2D eigenvalue weighted by Gasteiger charge is 2.12. The van der Waals surface area contributed by atoms with Crippen LogP contribution in [0.3, 0.4) is 0 Å². The van der Waals surface area contributed by atoms with Crippen LogP contribution in [0.5, 0.6) is 0 Å². The van der Waals surface area contributed by atoms with Gasteiger partial charge in [-0.25, -0.2) is 4.79 Å². The lowest BCUT2D eigenvalue weighted by Crippen LogP contribution is -2.17. The van der Waals surface area contributed by atoms with Gasteiger partial charge >= 0.3 is 11.9 Å². The summed E-state index contributed by atoms with van der Waals surface area (Å²) in [6.45, 7) is 4.51. The summed E-state index contributed by atoms with van der Waals surface area (Å²) < 4.78 is 5.87. The minimum absolute atomic E-state index is 0.0568. The van der Waals surface area contributed by atoms with E-state index in [-0.39, 0.29) is 12.1 Å². The minimum atomic E-state index is -0.685. The summed E-state index contributed by atoms with van der Waals surface area (Å²) in [5.41, 5.74) is 0. The Bertz CT molecular complexity index is 571. The lowest BCUT2D eigenvalue weighted by atomic mass is 10.0. The molecule has 0 saturated heterocycles. The average Bonchev–Trinajstić information content (AvgIpc) is 2.93. The molecule has 1 unspecified atom stereocenters. The molecular formula is C36H68O4. The summed E-state index contributed by atoms with van der Waals surface area (Å²) in [5, 5.41) is 8.69. The molecule has 0 aromatic rings. The number of esters is 1. The Morgan fingerprint density at radius 3 is 1.38 bits per heavy atom. The molecule has 0 rings (SSSR count). The van der Waals surface area contributed by atoms with Crippen molar-refractivity contribution >= 4 is 11.9 Å². The maximum Gasteiger partial charge on any atom is 0.330 e. The maximum absolute atomic E-state index is 12.4. The van der Waals surface area contributed by atoms with Crippen molar-refractivity contribution in [3.63, 3.8) is 0 Å². The number of carbonyl (C=O) groups excluding carboxylic acids is 1. The van der Waals surface area contributed by atoms with E-state index in [4.69, 9.17) is 9.84 Å². The molecule has 236 valence electrons. The number of unbranched alkanes of at least 4 members (excludes halogenated alkanes) is 23. The van der Waals surface area contributed by atoms with E-state index < -0.39 is 5.97 Å². The molecule has 0 heterocycles. The third-order valence-corrected chi connectivity index (χ3v) is 8.06. The average molecular weight is 565 g/mol. The fourth-order valence-corrected chi connectivity index (χ4v) is 5.43. The second kappa shape index (κ2) is 32.2. The van der Waals surface area contributed by atoms with Crippen LogP contribution in [0.25, 0.3) is 0 Å². The standard InChI is InChI=1S/C36H68O4/c1-3-5-7-9-10-11-12-13-14-15-16-17-22-25-29-33-36(39)40-34(30-26-8-6-4-2)31-27-23-20-18-19-21-24-28-32-35(37)38/h29,33-34H,3-28,30-32H2,1-2H3,(H,37,38)/b33-29+. The molecule has 0 aliphatic rings. The number of carboxylic acid groups (broad SMARTS) is 1. The van der Waals surface area contributed by atoms with Crippen molar-refractivity contribution in [2.45, 2.75) is 206 Å². The normalized spacial score (nSPS) is 12.2. The Balaban J connectivity index is 3.87. The number of rotatable bonds is 32. The molecule has 0 aromatic carbocycles. The summed E-state index contributed by atoms with van der Waals surface area (Å²) in [6, 6.07) is 0. The summed E-state index contributed by atoms with van der Waals surface area (Å²) in [5.74, 6) is -0.841. The molecule has 40 heavy (non-hydrogen) atoms. The van der Waals surface area contributed by atoms with E-state index in [1.54, 1.807) is 6.08 Å². The Morgan fingerprint density at radius 1 is 0.550 bits per heavy atom. The van der Waals surface area contributed by atoms with Crippen molar-refractivity contribution in [1.29, 1.82) is 0 Å². The van der Waals surface area contributed by atoms with E-state index in [1.165, 1.54) is 128 Å². The Kier molecular flexibility index (Phi) is 31.1. The minimum Gasteiger partial charge on any atom is -0.481 e. The third kappa shape index (κ3) is 31.2. The molecule has 4 heteroatoms. The van der Waals surface area contributed by atoms with E-state index in [9.17, 15) is 9.59 Å². The Labute approximate surface area is 249 Å². The zero-order chi connectivity index (χ0) is 29.4. The van der Waals surface area contributed by atoms with Crippen LogP contribution >= 0.6 is 0 Å². The number of aliphatic carboxylic acids is 1. The van der Waals surface area contributed by atoms with Gasteiger partial charge in [0.15, 0.2) is 0 Å². The molecule has 0 aromatic heterocycles. The summed E-state index contributed by atoms with van der Waals surface area (Å²) in [4.78, 5) is 23.0. The molecule has 0 radical (unpaired) electrons. The van der Waals surface area contributed by atoms with Crippen molar-refractivity contribution in [2.75, 3.05) is 0 Å². The number of carboxylic acids is 1. The van der Waals surface area contributed by atoms with Crippen LogP contribution in [0.2, 0.25) is 0 Å². The highest BCUT2D eigenvalue weighted by Crippen LogP contribution is 2.18. The van der Waals surface area contributed by atoms with Crippen molar-refractivity contribution in [3.8, 4) is 0 Å². The van der Waals surface area contributed by atoms with Gasteiger partial charge in [0.1, 0.15) is 6.10 Å². The second-order valence-electron chi connectivity index (χ2n) is 12.1. The molecule has 0 aliphatic heterocycles. The first-order valence-electron chi connectivity index (χ1n) is 17.7. The highest BCUT2D eigenvalue weighted by atomic mass is 16.5. The van der Waals surface area contributed by atoms with Gasteiger partial charge in [-0.3, -0.25) is 4.79 Å². The summed E-state index contributed by atoms with van der Waals surface area (Å²) in [6.07, 6.45) is 38.4. The van der Waals surface area contributed by atoms with Crippen molar-refractivity contribution in [2.24, 2.45) is 0 Å². The molecule has 0 bridgehead atoms. The van der Waals surface area contributed by atoms with Gasteiger partial charge in [-0.1, -0.05) is 155 Å². The van der Waals surface area contributed by atoms with Crippen LogP contribution in [0.4, 0.5) is 0 Å². The first kappa shape index (κ1) is 38.7. The van der Waals surface area contributed by atoms with Gasteiger partial charge in [-0.05, 0) is 44.9 Å². The van der Waals surface area contributed by atoms with Gasteiger partial charge in [0.2, 0.25) is 0 Å². The predicted octanol–water partition coefficient (Wildman–Crippen LogP) is 11.9. The molecule has 1 atom stereocenters. The number of hydrogen-bond acceptors (Lipinski definition) is 3. The van der Waals surface area contributed by atoms with Crippen LogP contribution in [-0.4, -0.2) is 23.1 Å². The van der Waals surface area contributed by atoms with E-state index in [0.717, 1.165) is 51.4 Å². The number of allylic oxidation sites excluding steroid dienone is 1. The quantitative estimate of drug-likeness (QED) is 0.0501. The van der Waals surface area contributed by atoms with Crippen LogP contribution in [0.1, 0.15) is 200 Å². The predicted molar refractivity (Wildman–Crippen MR) is 172 cm³/mol. The van der Waals surface area contributed by atoms with Gasteiger partial charge < -0.3 is 9.84 Å². The smallest absolute Gasteiger partial charge is 0.330 e. The first-order valence-corrected chi connectivity index (χ1v) is 17.7. The Morgan fingerprint density at radius 2 is 0.925 bits per heavy atom. The van der Waals surface area contributed by atoms with Gasteiger partial charge in [0.05, 0.1) is 0 Å². The van der Waals surface area contributed by atoms with E-state index in [1.807, 2.05) is 6.08 Å². The third-order valence-electron chi connectivity index (χ3n) is 8.06. The van der Waals surface area contributed by atoms with Crippen LogP contribution in [0, 0.1) is 0 Å². The summed E-state index contributed by atoms with van der Waals surface area (Å²) >= 11 is 0. The first-order chi connectivity index (χ1) is 19.6. The SMILES string of the molecule is CCCCCCCCCCCCCCC/C=C/C(=O)OC(CCCCCC)CCCCCCCCCCC(=O)O. The zero-order valence-electron chi connectivity index (χ0n) is 26.9. The van der Waals surface area contributed by atoms with Crippen molar-refractivity contribution in [1.82, 2.24) is 0 Å². The van der Waals surface area contributed by atoms with Crippen molar-refractivity contribution < 1.29 is 19.4 Å². The van der Waals surface area contributed by atoms with Crippen LogP contribution in [0.15, 0.2) is 12.2 Å².